The second-order valence-electron chi connectivity index (χ2n) is 23.4. The number of phosphoric acid groups is 1. The molecule has 0 saturated carbocycles. The molecule has 0 bridgehead atoms. The molecule has 0 aliphatic heterocycles. The first kappa shape index (κ1) is 83.2. The summed E-state index contributed by atoms with van der Waals surface area (Å²) in [5.41, 5.74) is 5.40. The fraction of sp³-hybridized carbons (Fsp3) is 0.688. The SMILES string of the molecule is CC/C=C\C/C=C\C/C=C\C/C=C\C/C=C\C/C=C\C/C=C\C/C=C\C/C=C\CCCC(=O)OC(COC(=O)CCCCCCCCCCCCCCCCCCCCCCCCCCC/C=C\C/C=C\CCCCCCC)COP(=O)(O)OCCN. The molecule has 87 heavy (non-hydrogen) atoms. The Kier molecular flexibility index (Phi) is 68.1. The summed E-state index contributed by atoms with van der Waals surface area (Å²) in [5, 5.41) is 0. The third-order valence-electron chi connectivity index (χ3n) is 15.0. The minimum atomic E-state index is -4.42. The Bertz CT molecular complexity index is 1890. The zero-order valence-electron chi connectivity index (χ0n) is 56.0. The van der Waals surface area contributed by atoms with Gasteiger partial charge >= 0.3 is 19.8 Å². The highest BCUT2D eigenvalue weighted by molar-refractivity contribution is 7.47. The van der Waals surface area contributed by atoms with E-state index in [1.54, 1.807) is 0 Å². The van der Waals surface area contributed by atoms with Crippen LogP contribution in [0, 0.1) is 0 Å². The van der Waals surface area contributed by atoms with Crippen LogP contribution in [0.3, 0.4) is 0 Å². The van der Waals surface area contributed by atoms with Crippen molar-refractivity contribution in [1.29, 1.82) is 0 Å². The largest absolute Gasteiger partial charge is 0.472 e. The van der Waals surface area contributed by atoms with E-state index < -0.39 is 32.5 Å². The summed E-state index contributed by atoms with van der Waals surface area (Å²) in [7, 11) is -4.42. The predicted octanol–water partition coefficient (Wildman–Crippen LogP) is 23.6. The number of esters is 2. The topological polar surface area (TPSA) is 134 Å². The van der Waals surface area contributed by atoms with Gasteiger partial charge in [0.2, 0.25) is 0 Å². The molecule has 0 fully saturated rings. The lowest BCUT2D eigenvalue weighted by molar-refractivity contribution is -0.161. The number of carbonyl (C=O) groups is 2. The van der Waals surface area contributed by atoms with Crippen LogP contribution in [-0.2, 0) is 32.7 Å². The number of phosphoric ester groups is 1. The monoisotopic (exact) mass is 1230 g/mol. The lowest BCUT2D eigenvalue weighted by Gasteiger charge is -2.19. The van der Waals surface area contributed by atoms with E-state index in [9.17, 15) is 19.0 Å². The third kappa shape index (κ3) is 71.1. The summed E-state index contributed by atoms with van der Waals surface area (Å²) in [4.78, 5) is 35.3. The molecule has 0 aromatic heterocycles. The second kappa shape index (κ2) is 71.2. The zero-order valence-corrected chi connectivity index (χ0v) is 56.9. The number of rotatable bonds is 66. The number of carbonyl (C=O) groups excluding carboxylic acids is 2. The fourth-order valence-electron chi connectivity index (χ4n) is 9.79. The maximum atomic E-state index is 12.7. The summed E-state index contributed by atoms with van der Waals surface area (Å²) in [6.07, 6.45) is 101. The molecule has 3 N–H and O–H groups in total. The molecule has 0 rings (SSSR count). The lowest BCUT2D eigenvalue weighted by atomic mass is 10.0. The molecule has 0 heterocycles. The van der Waals surface area contributed by atoms with Crippen molar-refractivity contribution in [3.63, 3.8) is 0 Å². The Labute approximate surface area is 535 Å². The van der Waals surface area contributed by atoms with E-state index in [0.29, 0.717) is 12.8 Å². The van der Waals surface area contributed by atoms with Gasteiger partial charge < -0.3 is 20.1 Å². The molecule has 2 atom stereocenters. The van der Waals surface area contributed by atoms with Crippen LogP contribution in [0.15, 0.2) is 134 Å². The van der Waals surface area contributed by atoms with Crippen LogP contribution in [0.1, 0.15) is 309 Å². The summed E-state index contributed by atoms with van der Waals surface area (Å²) in [6, 6.07) is 0. The lowest BCUT2D eigenvalue weighted by Crippen LogP contribution is -2.29. The Balaban J connectivity index is 3.93. The van der Waals surface area contributed by atoms with Crippen molar-refractivity contribution >= 4 is 19.8 Å². The normalized spacial score (nSPS) is 13.7. The van der Waals surface area contributed by atoms with E-state index in [2.05, 4.69) is 141 Å². The van der Waals surface area contributed by atoms with Crippen LogP contribution in [0.25, 0.3) is 0 Å². The molecular formula is C77H132NO8P. The molecule has 9 nitrogen and oxygen atoms in total. The van der Waals surface area contributed by atoms with Gasteiger partial charge in [-0.1, -0.05) is 321 Å². The standard InChI is InChI=1S/C77H132NO8P/c1-3-5-7-9-11-13-15-17-19-21-23-25-27-29-31-33-34-35-36-37-38-39-40-42-43-45-47-49-51-53-55-57-59-61-63-65-67-69-76(79)83-73-75(74-85-87(81,82)84-72-71-78)86-77(80)70-68-66-64-62-60-58-56-54-52-50-48-46-44-41-32-30-28-26-24-22-20-18-16-14-12-10-8-6-4-2/h6,8,12,14-15,17-18,20-21,23-24,26,30,32,44,46,50,52,56,58,62,64,75H,3-5,7,9-11,13,16,19,22,25,27-29,31,33-43,45,47-49,51,53-55,57,59-61,63,65-74,78H2,1-2H3,(H,81,82)/b8-6-,14-12-,17-15-,20-18-,23-21-,26-24-,32-30-,46-44-,52-50-,58-56-,64-62-. The number of hydrogen-bond acceptors (Lipinski definition) is 8. The van der Waals surface area contributed by atoms with E-state index in [0.717, 1.165) is 83.5 Å². The van der Waals surface area contributed by atoms with Crippen LogP contribution in [0.4, 0.5) is 0 Å². The van der Waals surface area contributed by atoms with Gasteiger partial charge in [0.25, 0.3) is 0 Å². The number of hydrogen-bond donors (Lipinski definition) is 2. The smallest absolute Gasteiger partial charge is 0.462 e. The van der Waals surface area contributed by atoms with Gasteiger partial charge in [-0.05, 0) is 109 Å². The first-order valence-electron chi connectivity index (χ1n) is 35.7. The molecule has 498 valence electrons. The molecule has 0 radical (unpaired) electrons. The van der Waals surface area contributed by atoms with E-state index >= 15 is 0 Å². The third-order valence-corrected chi connectivity index (χ3v) is 16.0. The molecule has 0 aliphatic rings. The van der Waals surface area contributed by atoms with Crippen molar-refractivity contribution in [1.82, 2.24) is 0 Å². The van der Waals surface area contributed by atoms with Crippen LogP contribution < -0.4 is 5.73 Å². The molecule has 0 saturated heterocycles. The van der Waals surface area contributed by atoms with Gasteiger partial charge in [0.05, 0.1) is 13.2 Å². The molecule has 0 aromatic carbocycles. The van der Waals surface area contributed by atoms with Gasteiger partial charge in [-0.25, -0.2) is 4.57 Å². The quantitative estimate of drug-likeness (QED) is 0.0264. The number of allylic oxidation sites excluding steroid dienone is 22. The summed E-state index contributed by atoms with van der Waals surface area (Å²) in [5.74, 6) is -0.896. The highest BCUT2D eigenvalue weighted by Gasteiger charge is 2.26. The number of unbranched alkanes of at least 4 members (excludes halogenated alkanes) is 31. The molecule has 10 heteroatoms. The average molecular weight is 1230 g/mol. The first-order valence-corrected chi connectivity index (χ1v) is 37.2. The summed E-state index contributed by atoms with van der Waals surface area (Å²) < 4.78 is 33.1. The van der Waals surface area contributed by atoms with Crippen molar-refractivity contribution in [2.45, 2.75) is 315 Å². The van der Waals surface area contributed by atoms with E-state index in [1.807, 2.05) is 6.08 Å². The van der Waals surface area contributed by atoms with Crippen molar-refractivity contribution in [2.75, 3.05) is 26.4 Å². The maximum Gasteiger partial charge on any atom is 0.472 e. The van der Waals surface area contributed by atoms with Crippen molar-refractivity contribution in [3.05, 3.63) is 134 Å². The Hall–Kier alpha value is -3.85. The molecular weight excluding hydrogens is 1100 g/mol. The van der Waals surface area contributed by atoms with Gasteiger partial charge in [-0.15, -0.1) is 0 Å². The van der Waals surface area contributed by atoms with Crippen LogP contribution in [-0.4, -0.2) is 49.3 Å². The minimum Gasteiger partial charge on any atom is -0.462 e. The van der Waals surface area contributed by atoms with Gasteiger partial charge in [-0.3, -0.25) is 18.6 Å². The van der Waals surface area contributed by atoms with Crippen molar-refractivity contribution < 1.29 is 37.6 Å². The number of ether oxygens (including phenoxy) is 2. The van der Waals surface area contributed by atoms with Crippen LogP contribution >= 0.6 is 7.82 Å². The van der Waals surface area contributed by atoms with E-state index in [4.69, 9.17) is 24.3 Å². The van der Waals surface area contributed by atoms with E-state index in [1.165, 1.54) is 186 Å². The maximum absolute atomic E-state index is 12.7. The Morgan fingerprint density at radius 1 is 0.356 bits per heavy atom. The van der Waals surface area contributed by atoms with Crippen LogP contribution in [0.5, 0.6) is 0 Å². The van der Waals surface area contributed by atoms with Crippen molar-refractivity contribution in [2.24, 2.45) is 5.73 Å². The summed E-state index contributed by atoms with van der Waals surface area (Å²) >= 11 is 0. The van der Waals surface area contributed by atoms with Crippen LogP contribution in [0.2, 0.25) is 0 Å². The minimum absolute atomic E-state index is 0.0385. The molecule has 0 amide bonds. The average Bonchev–Trinajstić information content (AvgIpc) is 3.63. The fourth-order valence-corrected chi connectivity index (χ4v) is 10.6. The van der Waals surface area contributed by atoms with Gasteiger partial charge in [0.15, 0.2) is 6.10 Å². The highest BCUT2D eigenvalue weighted by Crippen LogP contribution is 2.43. The number of nitrogens with two attached hydrogens (primary N) is 1. The molecule has 2 unspecified atom stereocenters. The van der Waals surface area contributed by atoms with Gasteiger partial charge in [0.1, 0.15) is 6.61 Å². The molecule has 0 aliphatic carbocycles. The van der Waals surface area contributed by atoms with E-state index in [-0.39, 0.29) is 32.6 Å². The Morgan fingerprint density at radius 2 is 0.644 bits per heavy atom. The second-order valence-corrected chi connectivity index (χ2v) is 24.8. The predicted molar refractivity (Wildman–Crippen MR) is 376 cm³/mol. The summed E-state index contributed by atoms with van der Waals surface area (Å²) in [6.45, 7) is 3.57. The molecule has 0 aromatic rings. The molecule has 0 spiro atoms. The van der Waals surface area contributed by atoms with Gasteiger partial charge in [-0.2, -0.15) is 0 Å². The first-order chi connectivity index (χ1) is 42.8. The highest BCUT2D eigenvalue weighted by atomic mass is 31.2. The zero-order chi connectivity index (χ0) is 63.0. The van der Waals surface area contributed by atoms with Crippen molar-refractivity contribution in [3.8, 4) is 0 Å². The Morgan fingerprint density at radius 3 is 0.977 bits per heavy atom. The van der Waals surface area contributed by atoms with Gasteiger partial charge in [0, 0.05) is 19.4 Å².